The zero-order valence-corrected chi connectivity index (χ0v) is 8.17. The van der Waals surface area contributed by atoms with Gasteiger partial charge in [0.1, 0.15) is 0 Å². The van der Waals surface area contributed by atoms with Crippen molar-refractivity contribution in [3.63, 3.8) is 0 Å². The summed E-state index contributed by atoms with van der Waals surface area (Å²) < 4.78 is 0. The van der Waals surface area contributed by atoms with Crippen LogP contribution in [-0.4, -0.2) is 11.3 Å². The average molecular weight is 191 g/mol. The third kappa shape index (κ3) is 1.39. The van der Waals surface area contributed by atoms with Gasteiger partial charge in [-0.05, 0) is 36.8 Å². The molecular formula is C11H13NO2. The molecular weight excluding hydrogens is 178 g/mol. The van der Waals surface area contributed by atoms with Crippen molar-refractivity contribution in [2.75, 3.05) is 0 Å². The van der Waals surface area contributed by atoms with Gasteiger partial charge in [-0.2, -0.15) is 0 Å². The Balaban J connectivity index is 2.59. The first-order chi connectivity index (χ1) is 6.72. The molecule has 1 aromatic heterocycles. The second kappa shape index (κ2) is 3.40. The third-order valence-electron chi connectivity index (χ3n) is 2.89. The lowest BCUT2D eigenvalue weighted by Crippen LogP contribution is -2.20. The number of pyridine rings is 1. The molecule has 0 aromatic carbocycles. The summed E-state index contributed by atoms with van der Waals surface area (Å²) in [5.41, 5.74) is 2.14. The Kier molecular flexibility index (Phi) is 2.23. The number of aryl methyl sites for hydroxylation is 1. The van der Waals surface area contributed by atoms with E-state index < -0.39 is 0 Å². The lowest BCUT2D eigenvalue weighted by molar-refractivity contribution is 0.112. The van der Waals surface area contributed by atoms with Crippen LogP contribution in [0.5, 0.6) is 0 Å². The van der Waals surface area contributed by atoms with E-state index in [2.05, 4.69) is 11.9 Å². The number of aromatic nitrogens is 1. The van der Waals surface area contributed by atoms with E-state index in [4.69, 9.17) is 0 Å². The number of H-pyrrole nitrogens is 1. The number of fused-ring (bicyclic) bond motifs is 1. The molecule has 0 radical (unpaired) electrons. The largest absolute Gasteiger partial charge is 0.325 e. The summed E-state index contributed by atoms with van der Waals surface area (Å²) in [6, 6.07) is 1.73. The van der Waals surface area contributed by atoms with Gasteiger partial charge >= 0.3 is 0 Å². The fourth-order valence-corrected chi connectivity index (χ4v) is 2.08. The van der Waals surface area contributed by atoms with Crippen LogP contribution in [0.4, 0.5) is 0 Å². The summed E-state index contributed by atoms with van der Waals surface area (Å²) in [6.07, 6.45) is 3.84. The molecule has 0 bridgehead atoms. The summed E-state index contributed by atoms with van der Waals surface area (Å²) >= 11 is 0. The first-order valence-corrected chi connectivity index (χ1v) is 4.93. The maximum Gasteiger partial charge on any atom is 0.258 e. The van der Waals surface area contributed by atoms with Crippen LogP contribution in [0.2, 0.25) is 0 Å². The number of carbonyl (C=O) groups excluding carboxylic acids is 1. The molecule has 0 amide bonds. The zero-order chi connectivity index (χ0) is 10.1. The van der Waals surface area contributed by atoms with Gasteiger partial charge in [-0.25, -0.2) is 0 Å². The molecule has 0 fully saturated rings. The van der Waals surface area contributed by atoms with Crippen LogP contribution < -0.4 is 5.56 Å². The van der Waals surface area contributed by atoms with Gasteiger partial charge in [0.05, 0.1) is 5.56 Å². The highest BCUT2D eigenvalue weighted by molar-refractivity contribution is 5.74. The van der Waals surface area contributed by atoms with Crippen LogP contribution in [0, 0.1) is 0 Å². The van der Waals surface area contributed by atoms with Crippen LogP contribution in [0.1, 0.15) is 47.3 Å². The molecule has 1 aliphatic carbocycles. The highest BCUT2D eigenvalue weighted by Gasteiger charge is 2.18. The van der Waals surface area contributed by atoms with E-state index in [9.17, 15) is 9.59 Å². The van der Waals surface area contributed by atoms with Gasteiger partial charge in [0.15, 0.2) is 6.29 Å². The number of aldehydes is 1. The average Bonchev–Trinajstić information content (AvgIpc) is 2.19. The predicted molar refractivity (Wildman–Crippen MR) is 53.8 cm³/mol. The van der Waals surface area contributed by atoms with Gasteiger partial charge in [-0.15, -0.1) is 0 Å². The fraction of sp³-hybridized carbons (Fsp3) is 0.455. The van der Waals surface area contributed by atoms with Gasteiger partial charge < -0.3 is 4.98 Å². The Labute approximate surface area is 82.2 Å². The first kappa shape index (κ1) is 9.19. The molecule has 1 aliphatic rings. The normalized spacial score (nSPS) is 20.2. The van der Waals surface area contributed by atoms with Crippen molar-refractivity contribution in [2.45, 2.75) is 32.1 Å². The molecule has 0 saturated heterocycles. The summed E-state index contributed by atoms with van der Waals surface area (Å²) in [5.74, 6) is 0.409. The lowest BCUT2D eigenvalue weighted by atomic mass is 9.87. The predicted octanol–water partition coefficient (Wildman–Crippen LogP) is 1.63. The second-order valence-electron chi connectivity index (χ2n) is 3.90. The molecule has 0 saturated carbocycles. The SMILES string of the molecule is CC1CCCc2cc(C=O)c(=O)[nH]c21. The van der Waals surface area contributed by atoms with Crippen molar-refractivity contribution in [3.8, 4) is 0 Å². The zero-order valence-electron chi connectivity index (χ0n) is 8.17. The van der Waals surface area contributed by atoms with Crippen LogP contribution in [0.25, 0.3) is 0 Å². The van der Waals surface area contributed by atoms with Crippen LogP contribution in [-0.2, 0) is 6.42 Å². The quantitative estimate of drug-likeness (QED) is 0.686. The minimum absolute atomic E-state index is 0.248. The lowest BCUT2D eigenvalue weighted by Gasteiger charge is -2.21. The standard InChI is InChI=1S/C11H13NO2/c1-7-3-2-4-8-5-9(6-13)11(14)12-10(7)8/h5-7H,2-4H2,1H3,(H,12,14). The molecule has 1 unspecified atom stereocenters. The van der Waals surface area contributed by atoms with Crippen molar-refractivity contribution in [2.24, 2.45) is 0 Å². The molecule has 2 rings (SSSR count). The Morgan fingerprint density at radius 3 is 3.07 bits per heavy atom. The molecule has 1 aromatic rings. The van der Waals surface area contributed by atoms with Crippen molar-refractivity contribution < 1.29 is 4.79 Å². The molecule has 1 heterocycles. The maximum absolute atomic E-state index is 11.4. The number of aromatic amines is 1. The summed E-state index contributed by atoms with van der Waals surface area (Å²) in [6.45, 7) is 2.11. The Bertz CT molecular complexity index is 420. The van der Waals surface area contributed by atoms with Crippen molar-refractivity contribution in [1.82, 2.24) is 4.98 Å². The highest BCUT2D eigenvalue weighted by Crippen LogP contribution is 2.28. The van der Waals surface area contributed by atoms with Gasteiger partial charge in [0.25, 0.3) is 5.56 Å². The highest BCUT2D eigenvalue weighted by atomic mass is 16.1. The van der Waals surface area contributed by atoms with E-state index in [-0.39, 0.29) is 11.1 Å². The third-order valence-corrected chi connectivity index (χ3v) is 2.89. The van der Waals surface area contributed by atoms with Gasteiger partial charge in [-0.1, -0.05) is 6.92 Å². The molecule has 3 nitrogen and oxygen atoms in total. The minimum Gasteiger partial charge on any atom is -0.325 e. The van der Waals surface area contributed by atoms with Gasteiger partial charge in [0, 0.05) is 5.69 Å². The van der Waals surface area contributed by atoms with Crippen molar-refractivity contribution in [3.05, 3.63) is 33.2 Å². The monoisotopic (exact) mass is 191 g/mol. The molecule has 1 N–H and O–H groups in total. The smallest absolute Gasteiger partial charge is 0.258 e. The molecule has 74 valence electrons. The fourth-order valence-electron chi connectivity index (χ4n) is 2.08. The van der Waals surface area contributed by atoms with E-state index in [1.165, 1.54) is 0 Å². The summed E-state index contributed by atoms with van der Waals surface area (Å²) in [5, 5.41) is 0. The first-order valence-electron chi connectivity index (χ1n) is 4.93. The summed E-state index contributed by atoms with van der Waals surface area (Å²) in [4.78, 5) is 24.8. The molecule has 0 aliphatic heterocycles. The Hall–Kier alpha value is -1.38. The Morgan fingerprint density at radius 1 is 1.57 bits per heavy atom. The van der Waals surface area contributed by atoms with E-state index in [0.29, 0.717) is 12.2 Å². The second-order valence-corrected chi connectivity index (χ2v) is 3.90. The molecule has 0 spiro atoms. The van der Waals surface area contributed by atoms with Crippen molar-refractivity contribution >= 4 is 6.29 Å². The topological polar surface area (TPSA) is 49.9 Å². The molecule has 3 heteroatoms. The van der Waals surface area contributed by atoms with E-state index in [1.807, 2.05) is 0 Å². The van der Waals surface area contributed by atoms with Crippen LogP contribution >= 0.6 is 0 Å². The van der Waals surface area contributed by atoms with Crippen LogP contribution in [0.15, 0.2) is 10.9 Å². The van der Waals surface area contributed by atoms with Crippen molar-refractivity contribution in [1.29, 1.82) is 0 Å². The number of hydrogen-bond donors (Lipinski definition) is 1. The molecule has 1 atom stereocenters. The van der Waals surface area contributed by atoms with E-state index >= 15 is 0 Å². The summed E-state index contributed by atoms with van der Waals surface area (Å²) in [7, 11) is 0. The number of hydrogen-bond acceptors (Lipinski definition) is 2. The number of nitrogens with one attached hydrogen (secondary N) is 1. The van der Waals surface area contributed by atoms with Gasteiger partial charge in [-0.3, -0.25) is 9.59 Å². The van der Waals surface area contributed by atoms with Gasteiger partial charge in [0.2, 0.25) is 0 Å². The van der Waals surface area contributed by atoms with Crippen LogP contribution in [0.3, 0.4) is 0 Å². The minimum atomic E-state index is -0.257. The maximum atomic E-state index is 11.4. The Morgan fingerprint density at radius 2 is 2.36 bits per heavy atom. The van der Waals surface area contributed by atoms with E-state index in [0.717, 1.165) is 30.5 Å². The number of carbonyl (C=O) groups is 1. The number of rotatable bonds is 1. The molecule has 14 heavy (non-hydrogen) atoms. The van der Waals surface area contributed by atoms with E-state index in [1.54, 1.807) is 6.07 Å².